The fraction of sp³-hybridized carbons (Fsp3) is 0.173. The first kappa shape index (κ1) is 58.6. The van der Waals surface area contributed by atoms with Crippen LogP contribution >= 0.6 is 0 Å². The van der Waals surface area contributed by atoms with Gasteiger partial charge >= 0.3 is 0 Å². The first-order valence-electron chi connectivity index (χ1n) is 75.1. The van der Waals surface area contributed by atoms with Crippen LogP contribution < -0.4 is 0 Å². The van der Waals surface area contributed by atoms with Crippen molar-refractivity contribution in [3.63, 3.8) is 0 Å². The summed E-state index contributed by atoms with van der Waals surface area (Å²) in [6.07, 6.45) is 0. The summed E-state index contributed by atoms with van der Waals surface area (Å²) in [5, 5.41) is -0.284. The van der Waals surface area contributed by atoms with E-state index in [1.807, 2.05) is 92.7 Å². The van der Waals surface area contributed by atoms with Gasteiger partial charge in [-0.25, -0.2) is 0 Å². The highest BCUT2D eigenvalue weighted by molar-refractivity contribution is 6.07. The zero-order chi connectivity index (χ0) is 148. The third-order valence-corrected chi connectivity index (χ3v) is 25.6. The molecule has 150 heavy (non-hydrogen) atoms. The van der Waals surface area contributed by atoms with Crippen molar-refractivity contribution in [3.05, 3.63) is 587 Å². The SMILES string of the molecule is CC(C)C.CC(C)C.CC(C)C.[2H]c1c([2H])c([2H])c(-c2c([2H])c([2H])c(C(C)C)c3c([2H])c([2H])c([2H])c([2H])c23)c([2H])c1[2H].[2H]c1c([2H])c([2H])c(-c2ccc3c(c2)C(C)(C)c2ccccc2-3)c([2H])c1[2H].[2H]c1c([2H])c([2H])c(-c2ccc3c(c2)C2(c4ccccc4-c4ccccc42)c2ccccc2-3)c([2H])c1[2H].[2H]c1c([2H])c([2H])c(C2(c3c([2H])c([2H])c([2H])c([2H])c3[2H])c3ccccc3-c3ccccc32)c([2H])c1[2H].[2H]c1c([2H])c([2H])c2c(-c3c([2H])c([2H])c(C(C)C)c4c([2H])c([2H])c([2H])c([2H])c34)c([2H])c([2H])c([2H])c2c1[2H].[2H]c1c([2H])c([2H])c2c(C(C)C)c([2H])c([2H])c(-c3ccccc3)c2c1[2H]. The van der Waals surface area contributed by atoms with Crippen LogP contribution in [-0.4, -0.2) is 0 Å². The fourth-order valence-corrected chi connectivity index (χ4v) is 19.4. The van der Waals surface area contributed by atoms with Crippen molar-refractivity contribution in [2.45, 2.75) is 152 Å². The Bertz CT molecular complexity index is 11300. The molecule has 26 rings (SSSR count). The monoisotopic (exact) mass is 1990 g/mol. The van der Waals surface area contributed by atoms with Gasteiger partial charge < -0.3 is 0 Å². The second kappa shape index (κ2) is 46.9. The Labute approximate surface area is 964 Å². The lowest BCUT2D eigenvalue weighted by molar-refractivity contribution is 0.660. The van der Waals surface area contributed by atoms with Crippen LogP contribution in [0.5, 0.6) is 0 Å². The second-order valence-electron chi connectivity index (χ2n) is 39.8. The molecule has 0 bridgehead atoms. The van der Waals surface area contributed by atoms with Gasteiger partial charge in [-0.05, 0) is 263 Å². The van der Waals surface area contributed by atoms with Gasteiger partial charge in [-0.2, -0.15) is 0 Å². The molecule has 0 atom stereocenters. The van der Waals surface area contributed by atoms with E-state index in [0.29, 0.717) is 60.8 Å². The predicted molar refractivity (Wildman–Crippen MR) is 651 cm³/mol. The highest BCUT2D eigenvalue weighted by Gasteiger charge is 2.52. The molecule has 0 heteroatoms. The zero-order valence-electron chi connectivity index (χ0n) is 137. The number of fused-ring (bicyclic) bond motifs is 20. The molecule has 0 nitrogen and oxygen atoms in total. The van der Waals surface area contributed by atoms with Crippen LogP contribution in [0.4, 0.5) is 0 Å². The number of hydrogen-bond acceptors (Lipinski definition) is 0. The predicted octanol–water partition coefficient (Wildman–Crippen LogP) is 42.4. The molecule has 4 aliphatic carbocycles. The minimum atomic E-state index is -1.74. The van der Waals surface area contributed by atoms with Gasteiger partial charge in [0.05, 0.1) is 79.4 Å². The van der Waals surface area contributed by atoms with E-state index in [4.69, 9.17) is 68.5 Å². The van der Waals surface area contributed by atoms with E-state index in [0.717, 1.165) is 45.6 Å². The summed E-state index contributed by atoms with van der Waals surface area (Å²) in [5.41, 5.74) is 16.1. The van der Waals surface area contributed by atoms with Gasteiger partial charge in [-0.1, -0.05) is 620 Å². The molecular weight excluding hydrogens is 1800 g/mol. The average molecular weight is 2000 g/mol. The summed E-state index contributed by atoms with van der Waals surface area (Å²) in [6, 6.07) is 46.6. The first-order valence-corrected chi connectivity index (χ1v) is 50.1. The third kappa shape index (κ3) is 21.4. The van der Waals surface area contributed by atoms with Crippen molar-refractivity contribution >= 4 is 43.1 Å². The summed E-state index contributed by atoms with van der Waals surface area (Å²) in [5.74, 6) is 1.60. The van der Waals surface area contributed by atoms with Gasteiger partial charge in [-0.3, -0.25) is 0 Å². The lowest BCUT2D eigenvalue weighted by Crippen LogP contribution is -2.28. The Hall–Kier alpha value is -16.1. The standard InChI is InChI=1S/C31H20.C25H18.C23H20.C21H18.2C19H18.3C4H10/c1-2-10-21(11-3-1)22-18-19-26-25-14-6-9-17-29(25)31(30(26)20-22)27-15-7-4-12-23(27)24-13-5-8-16-28(24)31;1-3-11-19(12-4-1)25(20-13-5-2-6-14-20)23-17-9-7-15-21(23)22-16-8-10-18-24(22)25;1-16(2)18-14-15-23(22-12-6-5-11-20(18)22)21-13-7-9-17-8-3-4-10-19(17)21;1-21(2)19-11-7-6-10-17(19)18-13-12-16(14-20(18)21)15-8-4-3-5-9-15;2*1-14(2)16-12-13-17(15-8-4-3-5-9-15)19-11-7-6-10-18(16)19;3*1-4(2)3/h1-20H;1-18H;3-16H,1-2H3;3-14H,1-2H3;2*3-14H,1-2H3;3*4H,1-3H3/i1D,2D,3D,10D,11D;1D,2D,3D,4D,5D,6D,11D,12D,13D,14D;3D,4D,5D,6D,7D,8D,9D,10D,11D,12D,13D,14D,15D;3D,4D,5D,8D,9D;3D,4D,5D,6D,7D,8D,9D,10D,11D,12D,13D;6D,7D,10D,11D,12D,13D;;;. The Morgan fingerprint density at radius 3 is 0.807 bits per heavy atom. The number of hydrogen-bond donors (Lipinski definition) is 0. The van der Waals surface area contributed by atoms with Gasteiger partial charge in [-0.15, -0.1) is 0 Å². The van der Waals surface area contributed by atoms with E-state index < -0.39 is 210 Å². The van der Waals surface area contributed by atoms with Crippen LogP contribution in [-0.2, 0) is 16.2 Å². The Kier molecular flexibility index (Phi) is 18.3. The molecule has 0 aliphatic heterocycles. The topological polar surface area (TPSA) is 0 Å². The smallest absolute Gasteiger partial charge is 0.0630 e. The molecule has 1 spiro atoms. The van der Waals surface area contributed by atoms with Crippen molar-refractivity contribution in [2.24, 2.45) is 17.8 Å². The van der Waals surface area contributed by atoms with Crippen molar-refractivity contribution < 1.29 is 68.5 Å². The number of benzene rings is 22. The highest BCUT2D eigenvalue weighted by Crippen LogP contribution is 2.64. The molecule has 0 heterocycles. The Morgan fingerprint density at radius 1 is 0.167 bits per heavy atom. The van der Waals surface area contributed by atoms with Crippen LogP contribution in [0.1, 0.15) is 276 Å². The van der Waals surface area contributed by atoms with E-state index >= 15 is 0 Å². The van der Waals surface area contributed by atoms with Crippen LogP contribution in [0.25, 0.3) is 143 Å². The summed E-state index contributed by atoms with van der Waals surface area (Å²) < 4.78 is 416. The zero-order valence-corrected chi connectivity index (χ0v) is 86.7. The fourth-order valence-electron chi connectivity index (χ4n) is 19.4. The Morgan fingerprint density at radius 2 is 0.427 bits per heavy atom. The average Bonchev–Trinajstić information content (AvgIpc) is 1.51. The number of rotatable bonds is 10. The van der Waals surface area contributed by atoms with E-state index in [1.54, 1.807) is 76.2 Å². The van der Waals surface area contributed by atoms with Crippen molar-refractivity contribution in [3.8, 4) is 100 Å². The van der Waals surface area contributed by atoms with Gasteiger partial charge in [0.2, 0.25) is 0 Å². The first-order chi connectivity index (χ1) is 93.7. The summed E-state index contributed by atoms with van der Waals surface area (Å²) in [6.45, 7) is 34.4. The van der Waals surface area contributed by atoms with Crippen molar-refractivity contribution in [1.82, 2.24) is 0 Å². The van der Waals surface area contributed by atoms with Gasteiger partial charge in [0.1, 0.15) is 0 Å². The molecule has 0 amide bonds. The lowest BCUT2D eigenvalue weighted by Gasteiger charge is -2.33. The van der Waals surface area contributed by atoms with Crippen LogP contribution in [0, 0.1) is 17.8 Å². The third-order valence-electron chi connectivity index (χ3n) is 25.6. The summed E-state index contributed by atoms with van der Waals surface area (Å²) >= 11 is 0. The van der Waals surface area contributed by atoms with Crippen molar-refractivity contribution in [2.75, 3.05) is 0 Å². The molecule has 0 saturated carbocycles. The summed E-state index contributed by atoms with van der Waals surface area (Å²) in [4.78, 5) is 0. The van der Waals surface area contributed by atoms with E-state index in [9.17, 15) is 0 Å². The lowest BCUT2D eigenvalue weighted by atomic mass is 9.68. The molecule has 0 aromatic heterocycles. The summed E-state index contributed by atoms with van der Waals surface area (Å²) in [7, 11) is 0. The normalized spacial score (nSPS) is 17.2. The maximum Gasteiger partial charge on any atom is 0.0725 e. The van der Waals surface area contributed by atoms with Crippen LogP contribution in [0.2, 0.25) is 0 Å². The molecule has 0 fully saturated rings. The van der Waals surface area contributed by atoms with Crippen LogP contribution in [0.3, 0.4) is 0 Å². The molecule has 0 N–H and O–H groups in total. The molecule has 0 saturated heterocycles. The second-order valence-corrected chi connectivity index (χ2v) is 39.8. The minimum Gasteiger partial charge on any atom is -0.0630 e. The minimum absolute atomic E-state index is 0.00701. The molecule has 0 radical (unpaired) electrons. The Balaban J connectivity index is 0.000000147. The maximum absolute atomic E-state index is 8.83. The van der Waals surface area contributed by atoms with Gasteiger partial charge in [0, 0.05) is 5.41 Å². The highest BCUT2D eigenvalue weighted by atomic mass is 14.5. The maximum atomic E-state index is 8.83. The molecule has 4 aliphatic rings. The van der Waals surface area contributed by atoms with E-state index in [2.05, 4.69) is 161 Å². The molecular formula is C150H142. The largest absolute Gasteiger partial charge is 0.0725 e. The molecule has 22 aromatic rings. The van der Waals surface area contributed by atoms with E-state index in [1.165, 1.54) is 38.9 Å². The van der Waals surface area contributed by atoms with E-state index in [-0.39, 0.29) is 214 Å². The molecule has 742 valence electrons. The van der Waals surface area contributed by atoms with Gasteiger partial charge in [0.15, 0.2) is 0 Å². The van der Waals surface area contributed by atoms with Crippen LogP contribution in [0.15, 0.2) is 514 Å². The van der Waals surface area contributed by atoms with Gasteiger partial charge in [0.25, 0.3) is 0 Å². The molecule has 0 unspecified atom stereocenters. The molecule has 22 aromatic carbocycles. The quantitative estimate of drug-likeness (QED) is 0.128. The van der Waals surface area contributed by atoms with Crippen molar-refractivity contribution in [1.29, 1.82) is 0 Å².